The number of aliphatic imine (C=N–C) groups is 1. The van der Waals surface area contributed by atoms with Crippen molar-refractivity contribution in [3.05, 3.63) is 0 Å². The van der Waals surface area contributed by atoms with Gasteiger partial charge in [0.1, 0.15) is 0 Å². The number of hydrogen-bond acceptors (Lipinski definition) is 3. The van der Waals surface area contributed by atoms with Crippen molar-refractivity contribution in [1.82, 2.24) is 15.5 Å². The van der Waals surface area contributed by atoms with Crippen LogP contribution in [-0.2, 0) is 9.53 Å². The summed E-state index contributed by atoms with van der Waals surface area (Å²) in [6, 6.07) is 0.303. The summed E-state index contributed by atoms with van der Waals surface area (Å²) in [7, 11) is 0. The van der Waals surface area contributed by atoms with Crippen molar-refractivity contribution < 1.29 is 9.53 Å². The van der Waals surface area contributed by atoms with Crippen molar-refractivity contribution >= 4 is 35.8 Å². The summed E-state index contributed by atoms with van der Waals surface area (Å²) < 4.78 is 5.35. The van der Waals surface area contributed by atoms with Crippen LogP contribution in [0.1, 0.15) is 58.8 Å². The molecule has 0 spiro atoms. The van der Waals surface area contributed by atoms with E-state index in [2.05, 4.69) is 27.4 Å². The van der Waals surface area contributed by atoms with Crippen LogP contribution in [0.25, 0.3) is 0 Å². The molecule has 1 saturated carbocycles. The van der Waals surface area contributed by atoms with E-state index < -0.39 is 0 Å². The minimum atomic E-state index is 0. The molecule has 0 aromatic heterocycles. The lowest BCUT2D eigenvalue weighted by Gasteiger charge is -2.26. The Kier molecular flexibility index (Phi) is 12.3. The van der Waals surface area contributed by atoms with E-state index in [9.17, 15) is 4.79 Å². The fourth-order valence-electron chi connectivity index (χ4n) is 3.70. The molecule has 1 aliphatic heterocycles. The van der Waals surface area contributed by atoms with E-state index in [1.165, 1.54) is 19.3 Å². The number of halogens is 1. The van der Waals surface area contributed by atoms with Crippen LogP contribution in [0.3, 0.4) is 0 Å². The molecule has 1 heterocycles. The summed E-state index contributed by atoms with van der Waals surface area (Å²) >= 11 is 0. The van der Waals surface area contributed by atoms with Gasteiger partial charge in [-0.3, -0.25) is 9.79 Å². The SMILES string of the molecule is CCNC(=NCCCOCC)NC1CCN(C(=O)C2CCCCC2)C1.I. The van der Waals surface area contributed by atoms with Crippen LogP contribution >= 0.6 is 24.0 Å². The third-order valence-electron chi connectivity index (χ3n) is 5.06. The lowest BCUT2D eigenvalue weighted by Crippen LogP contribution is -2.45. The summed E-state index contributed by atoms with van der Waals surface area (Å²) in [6.45, 7) is 8.87. The Hall–Kier alpha value is -0.570. The van der Waals surface area contributed by atoms with Gasteiger partial charge in [-0.15, -0.1) is 24.0 Å². The van der Waals surface area contributed by atoms with Crippen molar-refractivity contribution in [2.75, 3.05) is 39.4 Å². The fourth-order valence-corrected chi connectivity index (χ4v) is 3.70. The molecule has 0 aromatic rings. The van der Waals surface area contributed by atoms with Gasteiger partial charge in [0.25, 0.3) is 0 Å². The molecule has 2 N–H and O–H groups in total. The number of carbonyl (C=O) groups excluding carboxylic acids is 1. The molecule has 7 heteroatoms. The van der Waals surface area contributed by atoms with Gasteiger partial charge in [0.2, 0.25) is 5.91 Å². The summed E-state index contributed by atoms with van der Waals surface area (Å²) in [5.41, 5.74) is 0. The fraction of sp³-hybridized carbons (Fsp3) is 0.895. The lowest BCUT2D eigenvalue weighted by atomic mass is 9.88. The van der Waals surface area contributed by atoms with Gasteiger partial charge in [0.15, 0.2) is 5.96 Å². The Morgan fingerprint density at radius 3 is 2.65 bits per heavy atom. The molecule has 6 nitrogen and oxygen atoms in total. The lowest BCUT2D eigenvalue weighted by molar-refractivity contribution is -0.135. The summed E-state index contributed by atoms with van der Waals surface area (Å²) in [5.74, 6) is 1.51. The second-order valence-electron chi connectivity index (χ2n) is 7.06. The summed E-state index contributed by atoms with van der Waals surface area (Å²) in [6.07, 6.45) is 7.81. The van der Waals surface area contributed by atoms with Gasteiger partial charge in [-0.05, 0) is 39.5 Å². The van der Waals surface area contributed by atoms with Crippen molar-refractivity contribution in [2.45, 2.75) is 64.8 Å². The molecule has 0 aromatic carbocycles. The zero-order valence-corrected chi connectivity index (χ0v) is 18.8. The van der Waals surface area contributed by atoms with Crippen LogP contribution in [0.2, 0.25) is 0 Å². The zero-order chi connectivity index (χ0) is 17.9. The highest BCUT2D eigenvalue weighted by atomic mass is 127. The van der Waals surface area contributed by atoms with Gasteiger partial charge in [0, 0.05) is 51.4 Å². The topological polar surface area (TPSA) is 66.0 Å². The van der Waals surface area contributed by atoms with E-state index in [4.69, 9.17) is 4.74 Å². The van der Waals surface area contributed by atoms with E-state index in [1.807, 2.05) is 6.92 Å². The number of amides is 1. The first-order valence-electron chi connectivity index (χ1n) is 10.2. The first-order valence-corrected chi connectivity index (χ1v) is 10.2. The molecule has 2 rings (SSSR count). The molecule has 1 saturated heterocycles. The van der Waals surface area contributed by atoms with Crippen LogP contribution in [0, 0.1) is 5.92 Å². The Morgan fingerprint density at radius 2 is 1.96 bits per heavy atom. The van der Waals surface area contributed by atoms with Crippen molar-refractivity contribution in [2.24, 2.45) is 10.9 Å². The predicted molar refractivity (Wildman–Crippen MR) is 117 cm³/mol. The molecule has 1 amide bonds. The molecular weight excluding hydrogens is 443 g/mol. The quantitative estimate of drug-likeness (QED) is 0.243. The van der Waals surface area contributed by atoms with Gasteiger partial charge >= 0.3 is 0 Å². The Labute approximate surface area is 175 Å². The molecule has 1 unspecified atom stereocenters. The maximum Gasteiger partial charge on any atom is 0.225 e. The standard InChI is InChI=1S/C19H36N4O2.HI/c1-3-20-19(21-12-8-14-25-4-2)22-17-11-13-23(15-17)18(24)16-9-6-5-7-10-16;/h16-17H,3-15H2,1-2H3,(H2,20,21,22);1H. The monoisotopic (exact) mass is 480 g/mol. The molecule has 2 aliphatic rings. The van der Waals surface area contributed by atoms with E-state index >= 15 is 0 Å². The normalized spacial score (nSPS) is 21.4. The van der Waals surface area contributed by atoms with Gasteiger partial charge in [0.05, 0.1) is 0 Å². The molecule has 26 heavy (non-hydrogen) atoms. The smallest absolute Gasteiger partial charge is 0.225 e. The average molecular weight is 480 g/mol. The van der Waals surface area contributed by atoms with E-state index in [1.54, 1.807) is 0 Å². The second kappa shape index (κ2) is 13.6. The Bertz CT molecular complexity index is 428. The number of rotatable bonds is 8. The Balaban J connectivity index is 0.00000338. The van der Waals surface area contributed by atoms with Crippen LogP contribution in [0.4, 0.5) is 0 Å². The number of nitrogens with one attached hydrogen (secondary N) is 2. The van der Waals surface area contributed by atoms with Crippen molar-refractivity contribution in [3.8, 4) is 0 Å². The van der Waals surface area contributed by atoms with Crippen LogP contribution in [0.15, 0.2) is 4.99 Å². The maximum absolute atomic E-state index is 12.7. The third kappa shape index (κ3) is 7.98. The number of guanidine groups is 1. The van der Waals surface area contributed by atoms with Crippen LogP contribution in [0.5, 0.6) is 0 Å². The summed E-state index contributed by atoms with van der Waals surface area (Å²) in [5, 5.41) is 6.80. The molecule has 1 aliphatic carbocycles. The molecule has 1 atom stereocenters. The molecular formula is C19H37IN4O2. The van der Waals surface area contributed by atoms with Crippen LogP contribution in [-0.4, -0.2) is 62.2 Å². The van der Waals surface area contributed by atoms with E-state index in [0.717, 1.165) is 71.0 Å². The van der Waals surface area contributed by atoms with Crippen LogP contribution < -0.4 is 10.6 Å². The van der Waals surface area contributed by atoms with Gasteiger partial charge < -0.3 is 20.3 Å². The number of carbonyl (C=O) groups is 1. The number of ether oxygens (including phenoxy) is 1. The van der Waals surface area contributed by atoms with E-state index in [-0.39, 0.29) is 29.9 Å². The maximum atomic E-state index is 12.7. The van der Waals surface area contributed by atoms with Gasteiger partial charge in [-0.2, -0.15) is 0 Å². The number of likely N-dealkylation sites (tertiary alicyclic amines) is 1. The van der Waals surface area contributed by atoms with Crippen molar-refractivity contribution in [1.29, 1.82) is 0 Å². The second-order valence-corrected chi connectivity index (χ2v) is 7.06. The first kappa shape index (κ1) is 23.5. The third-order valence-corrected chi connectivity index (χ3v) is 5.06. The highest BCUT2D eigenvalue weighted by Gasteiger charge is 2.31. The Morgan fingerprint density at radius 1 is 1.19 bits per heavy atom. The van der Waals surface area contributed by atoms with Gasteiger partial charge in [-0.1, -0.05) is 19.3 Å². The minimum Gasteiger partial charge on any atom is -0.382 e. The summed E-state index contributed by atoms with van der Waals surface area (Å²) in [4.78, 5) is 19.3. The molecule has 0 radical (unpaired) electrons. The molecule has 2 fully saturated rings. The number of nitrogens with zero attached hydrogens (tertiary/aromatic N) is 2. The number of hydrogen-bond donors (Lipinski definition) is 2. The highest BCUT2D eigenvalue weighted by molar-refractivity contribution is 14.0. The largest absolute Gasteiger partial charge is 0.382 e. The van der Waals surface area contributed by atoms with Crippen molar-refractivity contribution in [3.63, 3.8) is 0 Å². The average Bonchev–Trinajstić information content (AvgIpc) is 3.10. The minimum absolute atomic E-state index is 0. The van der Waals surface area contributed by atoms with Gasteiger partial charge in [-0.25, -0.2) is 0 Å². The first-order chi connectivity index (χ1) is 12.2. The predicted octanol–water partition coefficient (Wildman–Crippen LogP) is 2.77. The zero-order valence-electron chi connectivity index (χ0n) is 16.5. The highest BCUT2D eigenvalue weighted by Crippen LogP contribution is 2.26. The molecule has 152 valence electrons. The van der Waals surface area contributed by atoms with E-state index in [0.29, 0.717) is 11.9 Å². The molecule has 0 bridgehead atoms.